The SMILES string of the molecule is O=P(O)(O)OCC1O[C@H](O[C@H]2OC(CO)[C@@H](O)C(O)C2O)C(F)[C@@H](O)[C@@H]1O. The van der Waals surface area contributed by atoms with Crippen LogP contribution in [-0.2, 0) is 23.3 Å². The minimum Gasteiger partial charge on any atom is -0.394 e. The first kappa shape index (κ1) is 23.0. The second kappa shape index (κ2) is 9.00. The smallest absolute Gasteiger partial charge is 0.394 e. The summed E-state index contributed by atoms with van der Waals surface area (Å²) in [5.41, 5.74) is 0. The van der Waals surface area contributed by atoms with Gasteiger partial charge in [0.05, 0.1) is 13.2 Å². The van der Waals surface area contributed by atoms with Crippen LogP contribution in [0.1, 0.15) is 0 Å². The first-order chi connectivity index (χ1) is 12.5. The molecule has 0 aromatic carbocycles. The fourth-order valence-corrected chi connectivity index (χ4v) is 2.97. The van der Waals surface area contributed by atoms with Gasteiger partial charge in [-0.2, -0.15) is 0 Å². The molecule has 2 fully saturated rings. The normalized spacial score (nSPS) is 46.4. The molecule has 5 unspecified atom stereocenters. The van der Waals surface area contributed by atoms with Gasteiger partial charge in [-0.15, -0.1) is 0 Å². The van der Waals surface area contributed by atoms with Crippen molar-refractivity contribution in [3.63, 3.8) is 0 Å². The van der Waals surface area contributed by atoms with Crippen LogP contribution in [0.5, 0.6) is 0 Å². The highest BCUT2D eigenvalue weighted by atomic mass is 31.2. The summed E-state index contributed by atoms with van der Waals surface area (Å²) < 4.78 is 44.1. The van der Waals surface area contributed by atoms with Gasteiger partial charge in [0.2, 0.25) is 0 Å². The molecule has 0 radical (unpaired) electrons. The van der Waals surface area contributed by atoms with Crippen molar-refractivity contribution in [3.8, 4) is 0 Å². The summed E-state index contributed by atoms with van der Waals surface area (Å²) in [5, 5.41) is 57.8. The number of aliphatic hydroxyl groups is 6. The van der Waals surface area contributed by atoms with E-state index in [9.17, 15) is 34.5 Å². The molecule has 2 heterocycles. The van der Waals surface area contributed by atoms with Gasteiger partial charge in [0.15, 0.2) is 18.8 Å². The molecule has 0 saturated carbocycles. The van der Waals surface area contributed by atoms with Gasteiger partial charge in [-0.25, -0.2) is 8.96 Å². The van der Waals surface area contributed by atoms with Crippen molar-refractivity contribution in [1.29, 1.82) is 0 Å². The summed E-state index contributed by atoms with van der Waals surface area (Å²) in [5.74, 6) is 0. The van der Waals surface area contributed by atoms with Gasteiger partial charge < -0.3 is 54.6 Å². The topological polar surface area (TPSA) is 216 Å². The highest BCUT2D eigenvalue weighted by Gasteiger charge is 2.50. The first-order valence-electron chi connectivity index (χ1n) is 7.78. The number of phosphoric acid groups is 1. The predicted molar refractivity (Wildman–Crippen MR) is 78.4 cm³/mol. The minimum absolute atomic E-state index is 0.768. The van der Waals surface area contributed by atoms with Crippen molar-refractivity contribution in [2.45, 2.75) is 61.5 Å². The Bertz CT molecular complexity index is 531. The Morgan fingerprint density at radius 2 is 1.41 bits per heavy atom. The van der Waals surface area contributed by atoms with E-state index < -0.39 is 82.5 Å². The molecule has 2 aliphatic rings. The average molecular weight is 424 g/mol. The Morgan fingerprint density at radius 1 is 0.852 bits per heavy atom. The van der Waals surface area contributed by atoms with Gasteiger partial charge in [0.25, 0.3) is 0 Å². The zero-order valence-electron chi connectivity index (χ0n) is 13.6. The quantitative estimate of drug-likeness (QED) is 0.190. The molecule has 27 heavy (non-hydrogen) atoms. The number of aliphatic hydroxyl groups excluding tert-OH is 6. The van der Waals surface area contributed by atoms with E-state index in [0.717, 1.165) is 0 Å². The van der Waals surface area contributed by atoms with Crippen LogP contribution in [0.4, 0.5) is 4.39 Å². The van der Waals surface area contributed by atoms with E-state index in [1.165, 1.54) is 0 Å². The number of halogens is 1. The van der Waals surface area contributed by atoms with E-state index in [2.05, 4.69) is 4.52 Å². The summed E-state index contributed by atoms with van der Waals surface area (Å²) in [6.07, 6.45) is -18.5. The van der Waals surface area contributed by atoms with Crippen LogP contribution in [0.3, 0.4) is 0 Å². The lowest BCUT2D eigenvalue weighted by atomic mass is 9.98. The van der Waals surface area contributed by atoms with Gasteiger partial charge in [0.1, 0.15) is 42.7 Å². The molecule has 0 spiro atoms. The maximum absolute atomic E-state index is 14.2. The molecule has 0 aromatic heterocycles. The Morgan fingerprint density at radius 3 is 1.96 bits per heavy atom. The van der Waals surface area contributed by atoms with Crippen molar-refractivity contribution >= 4 is 7.82 Å². The highest BCUT2D eigenvalue weighted by Crippen LogP contribution is 2.37. The fourth-order valence-electron chi connectivity index (χ4n) is 2.62. The molecule has 15 heteroatoms. The zero-order chi connectivity index (χ0) is 20.5. The largest absolute Gasteiger partial charge is 0.469 e. The monoisotopic (exact) mass is 424 g/mol. The minimum atomic E-state index is -4.95. The molecular weight excluding hydrogens is 402 g/mol. The summed E-state index contributed by atoms with van der Waals surface area (Å²) >= 11 is 0. The van der Waals surface area contributed by atoms with E-state index in [-0.39, 0.29) is 0 Å². The second-order valence-electron chi connectivity index (χ2n) is 6.09. The standard InChI is InChI=1S/C12H22FO13P/c13-5-8(17)7(16)4(2-23-27(20,21)22)25-11(5)26-12-10(19)9(18)6(15)3(1-14)24-12/h3-12,14-19H,1-2H2,(H2,20,21,22)/t3?,4?,5?,6-,7-,8-,9?,10?,11-,12-/m1/s1. The molecule has 0 bridgehead atoms. The van der Waals surface area contributed by atoms with Gasteiger partial charge >= 0.3 is 7.82 Å². The molecular formula is C12H22FO13P. The number of hydrogen-bond acceptors (Lipinski definition) is 11. The molecule has 13 nitrogen and oxygen atoms in total. The fraction of sp³-hybridized carbons (Fsp3) is 1.00. The molecule has 2 aliphatic heterocycles. The van der Waals surface area contributed by atoms with Crippen LogP contribution in [-0.4, -0.2) is 115 Å². The molecule has 8 N–H and O–H groups in total. The number of rotatable bonds is 6. The van der Waals surface area contributed by atoms with Gasteiger partial charge in [-0.3, -0.25) is 4.52 Å². The molecule has 0 aromatic rings. The summed E-state index contributed by atoms with van der Waals surface area (Å²) in [4.78, 5) is 17.4. The van der Waals surface area contributed by atoms with E-state index in [1.807, 2.05) is 0 Å². The van der Waals surface area contributed by atoms with Crippen molar-refractivity contribution < 1.29 is 68.1 Å². The van der Waals surface area contributed by atoms with Crippen LogP contribution >= 0.6 is 7.82 Å². The number of phosphoric ester groups is 1. The van der Waals surface area contributed by atoms with Crippen LogP contribution in [0.2, 0.25) is 0 Å². The molecule has 2 rings (SSSR count). The van der Waals surface area contributed by atoms with Gasteiger partial charge in [-0.1, -0.05) is 0 Å². The van der Waals surface area contributed by atoms with Crippen LogP contribution in [0.15, 0.2) is 0 Å². The lowest BCUT2D eigenvalue weighted by molar-refractivity contribution is -0.370. The van der Waals surface area contributed by atoms with Gasteiger partial charge in [0, 0.05) is 0 Å². The van der Waals surface area contributed by atoms with Crippen molar-refractivity contribution in [1.82, 2.24) is 0 Å². The molecule has 0 aliphatic carbocycles. The van der Waals surface area contributed by atoms with Crippen molar-refractivity contribution in [2.75, 3.05) is 13.2 Å². The first-order valence-corrected chi connectivity index (χ1v) is 9.31. The van der Waals surface area contributed by atoms with Crippen molar-refractivity contribution in [2.24, 2.45) is 0 Å². The van der Waals surface area contributed by atoms with Crippen LogP contribution in [0, 0.1) is 0 Å². The van der Waals surface area contributed by atoms with Crippen LogP contribution < -0.4 is 0 Å². The maximum atomic E-state index is 14.2. The van der Waals surface area contributed by atoms with E-state index in [1.54, 1.807) is 0 Å². The van der Waals surface area contributed by atoms with Crippen molar-refractivity contribution in [3.05, 3.63) is 0 Å². The molecule has 160 valence electrons. The average Bonchev–Trinajstić information content (AvgIpc) is 2.60. The number of alkyl halides is 1. The molecule has 2 saturated heterocycles. The third-order valence-corrected chi connectivity index (χ3v) is 4.64. The Labute approximate surface area is 151 Å². The number of hydrogen-bond donors (Lipinski definition) is 8. The summed E-state index contributed by atoms with van der Waals surface area (Å²) in [7, 11) is -4.95. The number of ether oxygens (including phenoxy) is 3. The van der Waals surface area contributed by atoms with E-state index in [4.69, 9.17) is 29.1 Å². The molecule has 10 atom stereocenters. The Kier molecular flexibility index (Phi) is 7.66. The summed E-state index contributed by atoms with van der Waals surface area (Å²) in [6.45, 7) is -1.70. The Balaban J connectivity index is 2.08. The van der Waals surface area contributed by atoms with Gasteiger partial charge in [-0.05, 0) is 0 Å². The highest BCUT2D eigenvalue weighted by molar-refractivity contribution is 7.46. The van der Waals surface area contributed by atoms with E-state index in [0.29, 0.717) is 0 Å². The third kappa shape index (κ3) is 5.39. The molecule has 0 amide bonds. The van der Waals surface area contributed by atoms with E-state index >= 15 is 0 Å². The van der Waals surface area contributed by atoms with Crippen LogP contribution in [0.25, 0.3) is 0 Å². The maximum Gasteiger partial charge on any atom is 0.469 e. The summed E-state index contributed by atoms with van der Waals surface area (Å²) in [6, 6.07) is 0. The lowest BCUT2D eigenvalue weighted by Gasteiger charge is -2.44. The zero-order valence-corrected chi connectivity index (χ0v) is 14.5. The Hall–Kier alpha value is -0.320. The lowest BCUT2D eigenvalue weighted by Crippen LogP contribution is -2.63. The second-order valence-corrected chi connectivity index (χ2v) is 7.33. The third-order valence-electron chi connectivity index (χ3n) is 4.15. The predicted octanol–water partition coefficient (Wildman–Crippen LogP) is -4.30.